The highest BCUT2D eigenvalue weighted by Gasteiger charge is 2.31. The van der Waals surface area contributed by atoms with Crippen LogP contribution < -0.4 is 4.90 Å². The number of hydrogen-bond acceptors (Lipinski definition) is 4. The van der Waals surface area contributed by atoms with Gasteiger partial charge in [0.05, 0.1) is 11.7 Å². The van der Waals surface area contributed by atoms with Crippen molar-refractivity contribution in [2.45, 2.75) is 37.1 Å². The number of nitrogens with zero attached hydrogens (tertiary/aromatic N) is 2. The van der Waals surface area contributed by atoms with Crippen LogP contribution in [0.15, 0.2) is 29.2 Å². The molecule has 5 nitrogen and oxygen atoms in total. The smallest absolute Gasteiger partial charge is 0.244 e. The molecule has 116 valence electrons. The summed E-state index contributed by atoms with van der Waals surface area (Å²) in [6.45, 7) is 2.29. The highest BCUT2D eigenvalue weighted by atomic mass is 32.2. The van der Waals surface area contributed by atoms with Crippen LogP contribution in [0, 0.1) is 0 Å². The van der Waals surface area contributed by atoms with Crippen molar-refractivity contribution in [2.24, 2.45) is 0 Å². The number of piperidine rings is 1. The van der Waals surface area contributed by atoms with Gasteiger partial charge in [0.1, 0.15) is 4.90 Å². The fraction of sp³-hybridized carbons (Fsp3) is 0.533. The minimum Gasteiger partial charge on any atom is -0.360 e. The Bertz CT molecular complexity index is 626. The predicted molar refractivity (Wildman–Crippen MR) is 83.0 cm³/mol. The van der Waals surface area contributed by atoms with E-state index in [0.29, 0.717) is 12.2 Å². The Morgan fingerprint density at radius 1 is 1.24 bits per heavy atom. The first kappa shape index (κ1) is 16.0. The summed E-state index contributed by atoms with van der Waals surface area (Å²) < 4.78 is 26.2. The molecule has 0 amide bonds. The van der Waals surface area contributed by atoms with E-state index in [0.717, 1.165) is 19.3 Å². The van der Waals surface area contributed by atoms with E-state index >= 15 is 0 Å². The van der Waals surface area contributed by atoms with Gasteiger partial charge in [-0.25, -0.2) is 12.7 Å². The molecule has 1 aliphatic heterocycles. The van der Waals surface area contributed by atoms with Crippen molar-refractivity contribution in [1.82, 2.24) is 4.31 Å². The lowest BCUT2D eigenvalue weighted by molar-refractivity contribution is -0.118. The molecule has 0 N–H and O–H groups in total. The number of carbonyl (C=O) groups excluding carboxylic acids is 1. The fourth-order valence-electron chi connectivity index (χ4n) is 2.75. The van der Waals surface area contributed by atoms with Gasteiger partial charge in [0.15, 0.2) is 5.78 Å². The van der Waals surface area contributed by atoms with Gasteiger partial charge in [-0.3, -0.25) is 4.79 Å². The minimum absolute atomic E-state index is 0.0896. The highest BCUT2D eigenvalue weighted by molar-refractivity contribution is 7.89. The van der Waals surface area contributed by atoms with E-state index in [1.165, 1.54) is 18.4 Å². The maximum Gasteiger partial charge on any atom is 0.244 e. The van der Waals surface area contributed by atoms with Crippen LogP contribution in [0.2, 0.25) is 0 Å². The summed E-state index contributed by atoms with van der Waals surface area (Å²) in [5.41, 5.74) is 0.631. The van der Waals surface area contributed by atoms with Crippen molar-refractivity contribution >= 4 is 21.5 Å². The van der Waals surface area contributed by atoms with E-state index in [1.54, 1.807) is 25.1 Å². The van der Waals surface area contributed by atoms with E-state index in [1.807, 2.05) is 11.0 Å². The summed E-state index contributed by atoms with van der Waals surface area (Å²) in [7, 11) is -0.488. The Morgan fingerprint density at radius 2 is 1.90 bits per heavy atom. The van der Waals surface area contributed by atoms with Crippen LogP contribution in [0.3, 0.4) is 0 Å². The summed E-state index contributed by atoms with van der Waals surface area (Å²) in [5.74, 6) is 0.0896. The van der Waals surface area contributed by atoms with Gasteiger partial charge in [-0.2, -0.15) is 0 Å². The molecule has 21 heavy (non-hydrogen) atoms. The number of sulfonamides is 1. The van der Waals surface area contributed by atoms with E-state index in [-0.39, 0.29) is 16.7 Å². The van der Waals surface area contributed by atoms with Crippen LogP contribution in [0.4, 0.5) is 5.69 Å². The van der Waals surface area contributed by atoms with E-state index in [4.69, 9.17) is 0 Å². The molecule has 0 saturated carbocycles. The molecule has 0 radical (unpaired) electrons. The molecule has 0 spiro atoms. The molecule has 1 unspecified atom stereocenters. The third kappa shape index (κ3) is 3.11. The van der Waals surface area contributed by atoms with Gasteiger partial charge in [-0.15, -0.1) is 0 Å². The van der Waals surface area contributed by atoms with Crippen LogP contribution in [0.5, 0.6) is 0 Å². The molecule has 1 aliphatic rings. The molecule has 1 aromatic carbocycles. The SMILES string of the molecule is CC(=O)C1CCCCN1c1ccccc1S(=O)(=O)N(C)C. The Balaban J connectivity index is 2.51. The van der Waals surface area contributed by atoms with E-state index in [9.17, 15) is 13.2 Å². The van der Waals surface area contributed by atoms with Crippen molar-refractivity contribution in [3.63, 3.8) is 0 Å². The minimum atomic E-state index is -3.53. The Hall–Kier alpha value is -1.40. The summed E-state index contributed by atoms with van der Waals surface area (Å²) >= 11 is 0. The second kappa shape index (κ2) is 6.15. The first-order chi connectivity index (χ1) is 9.85. The number of para-hydroxylation sites is 1. The molecule has 0 aromatic heterocycles. The van der Waals surface area contributed by atoms with Crippen molar-refractivity contribution < 1.29 is 13.2 Å². The maximum absolute atomic E-state index is 12.5. The monoisotopic (exact) mass is 310 g/mol. The zero-order valence-electron chi connectivity index (χ0n) is 12.7. The van der Waals surface area contributed by atoms with Gasteiger partial charge in [0, 0.05) is 20.6 Å². The van der Waals surface area contributed by atoms with E-state index in [2.05, 4.69) is 0 Å². The maximum atomic E-state index is 12.5. The Kier molecular flexibility index (Phi) is 4.68. The molecule has 1 saturated heterocycles. The van der Waals surface area contributed by atoms with Crippen LogP contribution >= 0.6 is 0 Å². The van der Waals surface area contributed by atoms with Crippen LogP contribution in [0.25, 0.3) is 0 Å². The summed E-state index contributed by atoms with van der Waals surface area (Å²) in [6.07, 6.45) is 2.76. The molecule has 6 heteroatoms. The number of ketones is 1. The lowest BCUT2D eigenvalue weighted by atomic mass is 9.98. The second-order valence-corrected chi connectivity index (χ2v) is 7.69. The van der Waals surface area contributed by atoms with Gasteiger partial charge in [0.2, 0.25) is 10.0 Å². The normalized spacial score (nSPS) is 19.8. The van der Waals surface area contributed by atoms with Gasteiger partial charge in [-0.05, 0) is 38.3 Å². The molecule has 1 aromatic rings. The quantitative estimate of drug-likeness (QED) is 0.852. The molecular weight excluding hydrogens is 288 g/mol. The lowest BCUT2D eigenvalue weighted by Gasteiger charge is -2.37. The topological polar surface area (TPSA) is 57.7 Å². The van der Waals surface area contributed by atoms with Crippen molar-refractivity contribution in [1.29, 1.82) is 0 Å². The fourth-order valence-corrected chi connectivity index (χ4v) is 3.85. The average molecular weight is 310 g/mol. The van der Waals surface area contributed by atoms with Crippen molar-refractivity contribution in [3.8, 4) is 0 Å². The zero-order valence-corrected chi connectivity index (χ0v) is 13.6. The molecule has 2 rings (SSSR count). The molecule has 0 bridgehead atoms. The lowest BCUT2D eigenvalue weighted by Crippen LogP contribution is -2.44. The van der Waals surface area contributed by atoms with Gasteiger partial charge in [-0.1, -0.05) is 12.1 Å². The molecular formula is C15H22N2O3S. The van der Waals surface area contributed by atoms with Gasteiger partial charge < -0.3 is 4.90 Å². The number of carbonyl (C=O) groups is 1. The number of rotatable bonds is 4. The van der Waals surface area contributed by atoms with Gasteiger partial charge in [0.25, 0.3) is 0 Å². The third-order valence-electron chi connectivity index (χ3n) is 3.91. The number of anilines is 1. The van der Waals surface area contributed by atoms with Crippen LogP contribution in [-0.2, 0) is 14.8 Å². The summed E-state index contributed by atoms with van der Waals surface area (Å²) in [5, 5.41) is 0. The zero-order chi connectivity index (χ0) is 15.6. The summed E-state index contributed by atoms with van der Waals surface area (Å²) in [4.78, 5) is 14.1. The Morgan fingerprint density at radius 3 is 2.52 bits per heavy atom. The standard InChI is InChI=1S/C15H22N2O3S/c1-12(18)13-8-6-7-11-17(13)14-9-4-5-10-15(14)21(19,20)16(2)3/h4-5,9-10,13H,6-8,11H2,1-3H3. The van der Waals surface area contributed by atoms with Crippen molar-refractivity contribution in [2.75, 3.05) is 25.5 Å². The molecule has 1 heterocycles. The predicted octanol–water partition coefficient (Wildman–Crippen LogP) is 1.88. The number of Topliss-reactive ketones (excluding diaryl/α,β-unsaturated/α-hetero) is 1. The van der Waals surface area contributed by atoms with Crippen molar-refractivity contribution in [3.05, 3.63) is 24.3 Å². The van der Waals surface area contributed by atoms with E-state index < -0.39 is 10.0 Å². The molecule has 1 fully saturated rings. The number of hydrogen-bond donors (Lipinski definition) is 0. The van der Waals surface area contributed by atoms with Crippen LogP contribution in [-0.4, -0.2) is 45.2 Å². The largest absolute Gasteiger partial charge is 0.360 e. The highest BCUT2D eigenvalue weighted by Crippen LogP contribution is 2.32. The van der Waals surface area contributed by atoms with Gasteiger partial charge >= 0.3 is 0 Å². The van der Waals surface area contributed by atoms with Crippen LogP contribution in [0.1, 0.15) is 26.2 Å². The first-order valence-electron chi connectivity index (χ1n) is 7.14. The summed E-state index contributed by atoms with van der Waals surface area (Å²) in [6, 6.07) is 6.70. The first-order valence-corrected chi connectivity index (χ1v) is 8.58. The molecule has 0 aliphatic carbocycles. The number of benzene rings is 1. The average Bonchev–Trinajstić information content (AvgIpc) is 2.47. The Labute approximate surface area is 126 Å². The molecule has 1 atom stereocenters. The second-order valence-electron chi connectivity index (χ2n) is 5.57. The third-order valence-corrected chi connectivity index (χ3v) is 5.77.